The molecule has 0 spiro atoms. The highest BCUT2D eigenvalue weighted by Gasteiger charge is 2.36. The van der Waals surface area contributed by atoms with Gasteiger partial charge < -0.3 is 9.84 Å². The zero-order chi connectivity index (χ0) is 14.0. The van der Waals surface area contributed by atoms with Crippen LogP contribution in [0, 0.1) is 0 Å². The Morgan fingerprint density at radius 1 is 1.15 bits per heavy atom. The molecule has 2 N–H and O–H groups in total. The minimum Gasteiger partial charge on any atom is -0.497 e. The highest BCUT2D eigenvalue weighted by atomic mass is 16.5. The van der Waals surface area contributed by atoms with Gasteiger partial charge in [0.1, 0.15) is 11.5 Å². The first-order valence-corrected chi connectivity index (χ1v) is 7.53. The van der Waals surface area contributed by atoms with Crippen molar-refractivity contribution in [3.63, 3.8) is 0 Å². The van der Waals surface area contributed by atoms with Crippen LogP contribution in [0.4, 0.5) is 0 Å². The highest BCUT2D eigenvalue weighted by Crippen LogP contribution is 2.37. The van der Waals surface area contributed by atoms with E-state index in [1.807, 2.05) is 24.3 Å². The predicted molar refractivity (Wildman–Crippen MR) is 79.8 cm³/mol. The van der Waals surface area contributed by atoms with Crippen LogP contribution in [0.15, 0.2) is 35.4 Å². The fourth-order valence-electron chi connectivity index (χ4n) is 3.48. The second kappa shape index (κ2) is 5.58. The zero-order valence-corrected chi connectivity index (χ0v) is 12.1. The molecule has 0 aromatic heterocycles. The van der Waals surface area contributed by atoms with Gasteiger partial charge in [0.25, 0.3) is 0 Å². The first-order chi connectivity index (χ1) is 9.71. The van der Waals surface area contributed by atoms with Crippen molar-refractivity contribution in [2.24, 2.45) is 0 Å². The molecular weight excluding hydrogens is 250 g/mol. The van der Waals surface area contributed by atoms with Crippen molar-refractivity contribution in [3.8, 4) is 5.75 Å². The average molecular weight is 273 g/mol. The lowest BCUT2D eigenvalue weighted by atomic mass is 9.79. The lowest BCUT2D eigenvalue weighted by Crippen LogP contribution is -2.52. The molecule has 0 radical (unpaired) electrons. The van der Waals surface area contributed by atoms with Gasteiger partial charge in [-0.05, 0) is 55.4 Å². The topological polar surface area (TPSA) is 41.5 Å². The molecule has 1 aromatic carbocycles. The molecule has 1 aliphatic carbocycles. The van der Waals surface area contributed by atoms with Crippen LogP contribution in [0.2, 0.25) is 0 Å². The van der Waals surface area contributed by atoms with Crippen molar-refractivity contribution in [2.75, 3.05) is 13.7 Å². The highest BCUT2D eigenvalue weighted by molar-refractivity contribution is 5.34. The van der Waals surface area contributed by atoms with Crippen LogP contribution in [-0.2, 0) is 6.42 Å². The van der Waals surface area contributed by atoms with Crippen molar-refractivity contribution in [1.29, 1.82) is 0 Å². The minimum absolute atomic E-state index is 0.635. The molecule has 0 amide bonds. The average Bonchev–Trinajstić information content (AvgIpc) is 2.48. The molecular formula is C17H23NO2. The largest absolute Gasteiger partial charge is 0.497 e. The molecule has 0 bridgehead atoms. The second-order valence-corrected chi connectivity index (χ2v) is 5.85. The molecule has 0 unspecified atom stereocenters. The summed E-state index contributed by atoms with van der Waals surface area (Å²) in [7, 11) is 1.67. The minimum atomic E-state index is -0.845. The van der Waals surface area contributed by atoms with E-state index in [0.29, 0.717) is 6.42 Å². The summed E-state index contributed by atoms with van der Waals surface area (Å²) in [4.78, 5) is 0. The van der Waals surface area contributed by atoms with Gasteiger partial charge in [0, 0.05) is 13.0 Å². The molecule has 3 nitrogen and oxygen atoms in total. The number of ether oxygens (including phenoxy) is 1. The van der Waals surface area contributed by atoms with Crippen LogP contribution in [0.1, 0.15) is 37.7 Å². The van der Waals surface area contributed by atoms with Crippen LogP contribution >= 0.6 is 0 Å². The number of methoxy groups -OCH3 is 1. The van der Waals surface area contributed by atoms with Gasteiger partial charge in [-0.3, -0.25) is 5.32 Å². The molecule has 0 saturated heterocycles. The maximum absolute atomic E-state index is 11.0. The lowest BCUT2D eigenvalue weighted by molar-refractivity contribution is 0.0301. The summed E-state index contributed by atoms with van der Waals surface area (Å²) in [6, 6.07) is 7.99. The van der Waals surface area contributed by atoms with Crippen LogP contribution in [0.5, 0.6) is 5.75 Å². The third kappa shape index (κ3) is 2.60. The fraction of sp³-hybridized carbons (Fsp3) is 0.529. The Labute approximate surface area is 120 Å². The summed E-state index contributed by atoms with van der Waals surface area (Å²) < 4.78 is 5.18. The Morgan fingerprint density at radius 2 is 1.90 bits per heavy atom. The summed E-state index contributed by atoms with van der Waals surface area (Å²) in [5, 5.41) is 14.4. The molecule has 1 heterocycles. The maximum Gasteiger partial charge on any atom is 0.142 e. The molecule has 20 heavy (non-hydrogen) atoms. The molecule has 1 aliphatic heterocycles. The van der Waals surface area contributed by atoms with Crippen molar-refractivity contribution in [3.05, 3.63) is 41.0 Å². The zero-order valence-electron chi connectivity index (χ0n) is 12.1. The summed E-state index contributed by atoms with van der Waals surface area (Å²) in [6.45, 7) is 0.880. The Bertz CT molecular complexity index is 502. The monoisotopic (exact) mass is 273 g/mol. The Morgan fingerprint density at radius 3 is 2.65 bits per heavy atom. The Hall–Kier alpha value is -1.32. The van der Waals surface area contributed by atoms with Crippen LogP contribution < -0.4 is 10.1 Å². The number of benzene rings is 1. The number of hydrogen-bond acceptors (Lipinski definition) is 3. The molecule has 3 heteroatoms. The molecule has 3 rings (SSSR count). The summed E-state index contributed by atoms with van der Waals surface area (Å²) in [5.74, 6) is 0.856. The van der Waals surface area contributed by atoms with E-state index in [0.717, 1.165) is 30.7 Å². The van der Waals surface area contributed by atoms with E-state index < -0.39 is 5.72 Å². The first kappa shape index (κ1) is 13.7. The molecule has 1 atom stereocenters. The summed E-state index contributed by atoms with van der Waals surface area (Å²) >= 11 is 0. The van der Waals surface area contributed by atoms with E-state index in [-0.39, 0.29) is 0 Å². The predicted octanol–water partition coefficient (Wildman–Crippen LogP) is 2.79. The molecule has 2 aliphatic rings. The fourth-order valence-corrected chi connectivity index (χ4v) is 3.48. The smallest absolute Gasteiger partial charge is 0.142 e. The van der Waals surface area contributed by atoms with Gasteiger partial charge in [-0.2, -0.15) is 0 Å². The van der Waals surface area contributed by atoms with Gasteiger partial charge in [-0.1, -0.05) is 17.7 Å². The molecule has 1 aromatic rings. The van der Waals surface area contributed by atoms with Crippen LogP contribution in [0.25, 0.3) is 0 Å². The van der Waals surface area contributed by atoms with Crippen LogP contribution in [0.3, 0.4) is 0 Å². The van der Waals surface area contributed by atoms with Gasteiger partial charge >= 0.3 is 0 Å². The molecule has 108 valence electrons. The summed E-state index contributed by atoms with van der Waals surface area (Å²) in [5.41, 5.74) is 3.04. The van der Waals surface area contributed by atoms with Gasteiger partial charge in [0.2, 0.25) is 0 Å². The van der Waals surface area contributed by atoms with E-state index in [9.17, 15) is 5.11 Å². The standard InChI is InChI=1S/C17H23NO2/c1-20-15-8-6-13(7-9-15)12-17(19)16-5-3-2-4-14(16)10-11-18-17/h6-9,18-19H,2-5,10-12H2,1H3/t17-/m0/s1. The molecule has 0 fully saturated rings. The van der Waals surface area contributed by atoms with Crippen molar-refractivity contribution >= 4 is 0 Å². The SMILES string of the molecule is COc1ccc(C[C@@]2(O)NCCC3=C2CCCC3)cc1. The van der Waals surface area contributed by atoms with Gasteiger partial charge in [0.05, 0.1) is 7.11 Å². The van der Waals surface area contributed by atoms with E-state index in [1.165, 1.54) is 30.4 Å². The van der Waals surface area contributed by atoms with E-state index in [2.05, 4.69) is 5.32 Å². The third-order valence-electron chi connectivity index (χ3n) is 4.54. The van der Waals surface area contributed by atoms with Gasteiger partial charge in [-0.25, -0.2) is 0 Å². The van der Waals surface area contributed by atoms with E-state index in [4.69, 9.17) is 4.74 Å². The second-order valence-electron chi connectivity index (χ2n) is 5.85. The van der Waals surface area contributed by atoms with Crippen LogP contribution in [-0.4, -0.2) is 24.5 Å². The van der Waals surface area contributed by atoms with Crippen molar-refractivity contribution in [2.45, 2.75) is 44.2 Å². The number of aliphatic hydroxyl groups is 1. The van der Waals surface area contributed by atoms with Crippen molar-refractivity contribution < 1.29 is 9.84 Å². The van der Waals surface area contributed by atoms with Crippen molar-refractivity contribution in [1.82, 2.24) is 5.32 Å². The number of rotatable bonds is 3. The van der Waals surface area contributed by atoms with Gasteiger partial charge in [-0.15, -0.1) is 0 Å². The quantitative estimate of drug-likeness (QED) is 0.832. The first-order valence-electron chi connectivity index (χ1n) is 7.53. The van der Waals surface area contributed by atoms with Gasteiger partial charge in [0.15, 0.2) is 0 Å². The normalized spacial score (nSPS) is 26.3. The van der Waals surface area contributed by atoms with E-state index in [1.54, 1.807) is 7.11 Å². The molecule has 0 saturated carbocycles. The Kier molecular flexibility index (Phi) is 3.81. The lowest BCUT2D eigenvalue weighted by Gasteiger charge is -2.40. The number of nitrogens with one attached hydrogen (secondary N) is 1. The maximum atomic E-state index is 11.0. The number of hydrogen-bond donors (Lipinski definition) is 2. The summed E-state index contributed by atoms with van der Waals surface area (Å²) in [6.07, 6.45) is 6.41. The van der Waals surface area contributed by atoms with E-state index >= 15 is 0 Å². The Balaban J connectivity index is 1.83. The third-order valence-corrected chi connectivity index (χ3v) is 4.54.